The van der Waals surface area contributed by atoms with Crippen LogP contribution in [0.1, 0.15) is 64.7 Å². The van der Waals surface area contributed by atoms with Crippen molar-refractivity contribution in [2.24, 2.45) is 0 Å². The molecule has 0 saturated heterocycles. The fraction of sp³-hybridized carbons (Fsp3) is 0.579. The topological polar surface area (TPSA) is 43.4 Å². The highest BCUT2D eigenvalue weighted by atomic mass is 16.5. The smallest absolute Gasteiger partial charge is 0.221 e. The summed E-state index contributed by atoms with van der Waals surface area (Å²) in [5.74, 6) is 0.0118. The van der Waals surface area contributed by atoms with Gasteiger partial charge in [0.25, 0.3) is 0 Å². The van der Waals surface area contributed by atoms with Gasteiger partial charge in [-0.25, -0.2) is 0 Å². The maximum Gasteiger partial charge on any atom is 0.221 e. The van der Waals surface area contributed by atoms with E-state index in [4.69, 9.17) is 4.74 Å². The highest BCUT2D eigenvalue weighted by molar-refractivity contribution is 6.21. The molecule has 0 N–H and O–H groups in total. The van der Waals surface area contributed by atoms with E-state index in [9.17, 15) is 9.59 Å². The zero-order valence-corrected chi connectivity index (χ0v) is 14.0. The molecule has 0 aliphatic heterocycles. The standard InChI is InChI=1S/C19H28O3/c1-4-5-6-7-8-9-10-11-12-13-16-18(21)15(2)14-17(20)19(16)22-3/h4,14H,1,5-13H2,2-3H3. The fourth-order valence-electron chi connectivity index (χ4n) is 2.74. The third-order valence-corrected chi connectivity index (χ3v) is 4.02. The summed E-state index contributed by atoms with van der Waals surface area (Å²) >= 11 is 0. The van der Waals surface area contributed by atoms with Gasteiger partial charge in [0.2, 0.25) is 5.78 Å². The van der Waals surface area contributed by atoms with E-state index < -0.39 is 0 Å². The van der Waals surface area contributed by atoms with Gasteiger partial charge in [-0.1, -0.05) is 38.2 Å². The lowest BCUT2D eigenvalue weighted by molar-refractivity contribution is -0.118. The first kappa shape index (κ1) is 18.4. The van der Waals surface area contributed by atoms with E-state index in [-0.39, 0.29) is 17.3 Å². The number of methoxy groups -OCH3 is 1. The highest BCUT2D eigenvalue weighted by Crippen LogP contribution is 2.24. The van der Waals surface area contributed by atoms with Crippen molar-refractivity contribution in [1.29, 1.82) is 0 Å². The van der Waals surface area contributed by atoms with Crippen LogP contribution in [-0.2, 0) is 14.3 Å². The molecule has 0 aromatic carbocycles. The lowest BCUT2D eigenvalue weighted by atomic mass is 9.91. The Balaban J connectivity index is 2.29. The summed E-state index contributed by atoms with van der Waals surface area (Å²) in [7, 11) is 1.46. The molecule has 0 amide bonds. The number of rotatable bonds is 11. The van der Waals surface area contributed by atoms with Gasteiger partial charge in [0.1, 0.15) is 0 Å². The van der Waals surface area contributed by atoms with Gasteiger partial charge in [-0.05, 0) is 38.7 Å². The molecule has 22 heavy (non-hydrogen) atoms. The molecule has 0 aromatic heterocycles. The summed E-state index contributed by atoms with van der Waals surface area (Å²) < 4.78 is 5.12. The fourth-order valence-corrected chi connectivity index (χ4v) is 2.74. The van der Waals surface area contributed by atoms with Crippen LogP contribution in [-0.4, -0.2) is 18.7 Å². The minimum Gasteiger partial charge on any atom is -0.492 e. The summed E-state index contributed by atoms with van der Waals surface area (Å²) in [6.07, 6.45) is 13.3. The predicted octanol–water partition coefficient (Wildman–Crippen LogP) is 4.68. The molecule has 0 fully saturated rings. The Morgan fingerprint density at radius 3 is 2.23 bits per heavy atom. The van der Waals surface area contributed by atoms with Gasteiger partial charge in [-0.3, -0.25) is 9.59 Å². The number of ether oxygens (including phenoxy) is 1. The van der Waals surface area contributed by atoms with Crippen LogP contribution in [0.4, 0.5) is 0 Å². The molecule has 0 aromatic rings. The number of carbonyl (C=O) groups is 2. The van der Waals surface area contributed by atoms with Crippen molar-refractivity contribution >= 4 is 11.6 Å². The first-order valence-corrected chi connectivity index (χ1v) is 8.27. The van der Waals surface area contributed by atoms with E-state index in [1.165, 1.54) is 45.3 Å². The first-order valence-electron chi connectivity index (χ1n) is 8.27. The van der Waals surface area contributed by atoms with E-state index in [1.54, 1.807) is 6.92 Å². The Morgan fingerprint density at radius 2 is 1.64 bits per heavy atom. The van der Waals surface area contributed by atoms with Crippen LogP contribution in [0.5, 0.6) is 0 Å². The SMILES string of the molecule is C=CCCCCCCCCCC1=C(OC)C(=O)C=C(C)C1=O. The van der Waals surface area contributed by atoms with Crippen LogP contribution in [0.3, 0.4) is 0 Å². The molecule has 3 heteroatoms. The third kappa shape index (κ3) is 5.63. The minimum absolute atomic E-state index is 0.0409. The maximum absolute atomic E-state index is 12.1. The Bertz CT molecular complexity index is 469. The number of allylic oxidation sites excluding steroid dienone is 4. The Morgan fingerprint density at radius 1 is 1.05 bits per heavy atom. The van der Waals surface area contributed by atoms with E-state index >= 15 is 0 Å². The molecule has 122 valence electrons. The number of hydrogen-bond acceptors (Lipinski definition) is 3. The molecular weight excluding hydrogens is 276 g/mol. The molecule has 0 unspecified atom stereocenters. The van der Waals surface area contributed by atoms with Crippen molar-refractivity contribution in [2.75, 3.05) is 7.11 Å². The second-order valence-corrected chi connectivity index (χ2v) is 5.83. The molecule has 1 aliphatic carbocycles. The Labute approximate surface area is 134 Å². The predicted molar refractivity (Wildman–Crippen MR) is 89.6 cm³/mol. The van der Waals surface area contributed by atoms with Gasteiger partial charge in [-0.2, -0.15) is 0 Å². The zero-order valence-electron chi connectivity index (χ0n) is 14.0. The van der Waals surface area contributed by atoms with Crippen molar-refractivity contribution in [2.45, 2.75) is 64.7 Å². The Kier molecular flexibility index (Phi) is 8.49. The molecular formula is C19H28O3. The molecule has 0 spiro atoms. The van der Waals surface area contributed by atoms with Gasteiger partial charge in [0.15, 0.2) is 11.5 Å². The molecule has 0 saturated carbocycles. The lowest BCUT2D eigenvalue weighted by Gasteiger charge is -2.16. The molecule has 1 aliphatic rings. The normalized spacial score (nSPS) is 15.1. The van der Waals surface area contributed by atoms with Gasteiger partial charge < -0.3 is 4.74 Å². The molecule has 0 heterocycles. The largest absolute Gasteiger partial charge is 0.492 e. The second kappa shape index (κ2) is 10.1. The Hall–Kier alpha value is -1.64. The summed E-state index contributed by atoms with van der Waals surface area (Å²) in [4.78, 5) is 24.0. The molecule has 0 atom stereocenters. The number of hydrogen-bond donors (Lipinski definition) is 0. The third-order valence-electron chi connectivity index (χ3n) is 4.02. The van der Waals surface area contributed by atoms with Crippen molar-refractivity contribution in [3.8, 4) is 0 Å². The van der Waals surface area contributed by atoms with Crippen LogP contribution in [0.2, 0.25) is 0 Å². The first-order chi connectivity index (χ1) is 10.6. The molecule has 1 rings (SSSR count). The van der Waals surface area contributed by atoms with Crippen LogP contribution >= 0.6 is 0 Å². The highest BCUT2D eigenvalue weighted by Gasteiger charge is 2.26. The number of unbranched alkanes of at least 4 members (excludes halogenated alkanes) is 7. The number of ketones is 2. The van der Waals surface area contributed by atoms with Gasteiger partial charge in [-0.15, -0.1) is 6.58 Å². The van der Waals surface area contributed by atoms with E-state index in [0.717, 1.165) is 19.3 Å². The summed E-state index contributed by atoms with van der Waals surface area (Å²) in [5, 5.41) is 0. The van der Waals surface area contributed by atoms with Crippen LogP contribution in [0.25, 0.3) is 0 Å². The van der Waals surface area contributed by atoms with Crippen molar-refractivity contribution < 1.29 is 14.3 Å². The average Bonchev–Trinajstić information content (AvgIpc) is 2.50. The van der Waals surface area contributed by atoms with Gasteiger partial charge >= 0.3 is 0 Å². The van der Waals surface area contributed by atoms with Crippen molar-refractivity contribution in [1.82, 2.24) is 0 Å². The summed E-state index contributed by atoms with van der Waals surface area (Å²) in [5.41, 5.74) is 1.07. The second-order valence-electron chi connectivity index (χ2n) is 5.83. The van der Waals surface area contributed by atoms with E-state index in [0.29, 0.717) is 17.6 Å². The quantitative estimate of drug-likeness (QED) is 0.316. The monoisotopic (exact) mass is 304 g/mol. The van der Waals surface area contributed by atoms with Gasteiger partial charge in [0.05, 0.1) is 7.11 Å². The summed E-state index contributed by atoms with van der Waals surface area (Å²) in [6.45, 7) is 5.41. The number of carbonyl (C=O) groups excluding carboxylic acids is 2. The van der Waals surface area contributed by atoms with Crippen LogP contribution in [0, 0.1) is 0 Å². The maximum atomic E-state index is 12.1. The average molecular weight is 304 g/mol. The zero-order chi connectivity index (χ0) is 16.4. The molecule has 0 bridgehead atoms. The van der Waals surface area contributed by atoms with Crippen molar-refractivity contribution in [3.63, 3.8) is 0 Å². The van der Waals surface area contributed by atoms with Crippen LogP contribution < -0.4 is 0 Å². The minimum atomic E-state index is -0.184. The molecule has 3 nitrogen and oxygen atoms in total. The lowest BCUT2D eigenvalue weighted by Crippen LogP contribution is -2.19. The van der Waals surface area contributed by atoms with Crippen molar-refractivity contribution in [3.05, 3.63) is 35.6 Å². The molecule has 0 radical (unpaired) electrons. The van der Waals surface area contributed by atoms with E-state index in [2.05, 4.69) is 6.58 Å². The number of Topliss-reactive ketones (excluding diaryl/α,β-unsaturated/α-hetero) is 1. The summed E-state index contributed by atoms with van der Waals surface area (Å²) in [6, 6.07) is 0. The van der Waals surface area contributed by atoms with E-state index in [1.807, 2.05) is 6.08 Å². The van der Waals surface area contributed by atoms with Gasteiger partial charge in [0, 0.05) is 11.1 Å². The van der Waals surface area contributed by atoms with Crippen LogP contribution in [0.15, 0.2) is 35.6 Å².